The maximum atomic E-state index is 13.7. The molecule has 2 rings (SSSR count). The molecule has 1 aliphatic rings. The Morgan fingerprint density at radius 2 is 1.61 bits per heavy atom. The van der Waals surface area contributed by atoms with Gasteiger partial charge in [-0.05, 0) is 0 Å². The molecule has 0 aromatic heterocycles. The summed E-state index contributed by atoms with van der Waals surface area (Å²) in [7, 11) is -2.21. The normalized spacial score (nSPS) is 19.6. The topological polar surface area (TPSA) is 21.3 Å². The van der Waals surface area contributed by atoms with Crippen LogP contribution in [0.1, 0.15) is 72.0 Å². The zero-order valence-electron chi connectivity index (χ0n) is 18.1. The van der Waals surface area contributed by atoms with Gasteiger partial charge in [-0.1, -0.05) is 0 Å². The SMILES string of the molecule is CC[SiH-](CC)(CC)OC(CNC1CCC(C)(C)CC1)c1c(Cl)cc(F)cc1Cl. The fourth-order valence-electron chi connectivity index (χ4n) is 4.46. The molecule has 0 saturated heterocycles. The van der Waals surface area contributed by atoms with Gasteiger partial charge in [-0.15, -0.1) is 0 Å². The minimum atomic E-state index is -2.21. The van der Waals surface area contributed by atoms with Crippen molar-refractivity contribution < 1.29 is 8.82 Å². The van der Waals surface area contributed by atoms with E-state index in [1.807, 2.05) is 0 Å². The van der Waals surface area contributed by atoms with E-state index < -0.39 is 14.1 Å². The van der Waals surface area contributed by atoms with Gasteiger partial charge in [0.25, 0.3) is 0 Å². The first-order valence-electron chi connectivity index (χ1n) is 10.9. The summed E-state index contributed by atoms with van der Waals surface area (Å²) in [6, 6.07) is 6.40. The molecular formula is C22H37Cl2FNOSi-. The second-order valence-electron chi connectivity index (χ2n) is 9.35. The second-order valence-corrected chi connectivity index (χ2v) is 15.6. The van der Waals surface area contributed by atoms with Gasteiger partial charge < -0.3 is 0 Å². The molecule has 162 valence electrons. The van der Waals surface area contributed by atoms with Crippen LogP contribution in [0.5, 0.6) is 0 Å². The van der Waals surface area contributed by atoms with Crippen LogP contribution in [0.25, 0.3) is 0 Å². The third-order valence-electron chi connectivity index (χ3n) is 6.98. The zero-order valence-corrected chi connectivity index (χ0v) is 20.8. The van der Waals surface area contributed by atoms with E-state index in [4.69, 9.17) is 27.6 Å². The molecule has 1 atom stereocenters. The second kappa shape index (κ2) is 10.3. The molecule has 0 spiro atoms. The molecule has 28 heavy (non-hydrogen) atoms. The Morgan fingerprint density at radius 1 is 1.11 bits per heavy atom. The number of benzene rings is 1. The van der Waals surface area contributed by atoms with E-state index in [-0.39, 0.29) is 6.10 Å². The van der Waals surface area contributed by atoms with Gasteiger partial charge in [0.1, 0.15) is 0 Å². The van der Waals surface area contributed by atoms with Crippen molar-refractivity contribution in [3.05, 3.63) is 33.6 Å². The summed E-state index contributed by atoms with van der Waals surface area (Å²) >= 11 is 12.9. The van der Waals surface area contributed by atoms with E-state index in [1.165, 1.54) is 37.8 Å². The first-order valence-corrected chi connectivity index (χ1v) is 14.6. The summed E-state index contributed by atoms with van der Waals surface area (Å²) in [5, 5.41) is 4.43. The molecule has 1 aromatic rings. The predicted octanol–water partition coefficient (Wildman–Crippen LogP) is 7.49. The Balaban J connectivity index is 2.22. The molecule has 6 heteroatoms. The van der Waals surface area contributed by atoms with E-state index in [9.17, 15) is 4.39 Å². The molecule has 2 nitrogen and oxygen atoms in total. The third-order valence-corrected chi connectivity index (χ3v) is 13.0. The van der Waals surface area contributed by atoms with Crippen molar-refractivity contribution in [2.24, 2.45) is 5.41 Å². The van der Waals surface area contributed by atoms with Crippen LogP contribution in [0.2, 0.25) is 28.2 Å². The molecule has 1 aromatic carbocycles. The standard InChI is InChI=1S/C22H37Cl2FNOSi/c1-6-28(7-2,8-3)27-20(21-18(23)13-16(25)14-19(21)24)15-26-17-9-11-22(4,5)12-10-17/h13-14,17,20,26,28H,6-12,15H2,1-5H3/q-1. The van der Waals surface area contributed by atoms with Gasteiger partial charge >= 0.3 is 182 Å². The number of nitrogens with one attached hydrogen (secondary N) is 1. The van der Waals surface area contributed by atoms with Crippen molar-refractivity contribution in [2.75, 3.05) is 6.54 Å². The van der Waals surface area contributed by atoms with Gasteiger partial charge in [-0.2, -0.15) is 0 Å². The van der Waals surface area contributed by atoms with Crippen molar-refractivity contribution in [1.29, 1.82) is 0 Å². The average Bonchev–Trinajstić information content (AvgIpc) is 2.64. The molecule has 0 amide bonds. The van der Waals surface area contributed by atoms with Crippen LogP contribution in [-0.4, -0.2) is 20.9 Å². The summed E-state index contributed by atoms with van der Waals surface area (Å²) in [4.78, 5) is 0. The Morgan fingerprint density at radius 3 is 2.07 bits per heavy atom. The van der Waals surface area contributed by atoms with Gasteiger partial charge in [0.2, 0.25) is 0 Å². The summed E-state index contributed by atoms with van der Waals surface area (Å²) in [5.41, 5.74) is 1.17. The summed E-state index contributed by atoms with van der Waals surface area (Å²) < 4.78 is 20.6. The average molecular weight is 450 g/mol. The molecule has 0 bridgehead atoms. The first kappa shape index (κ1) is 24.1. The fraction of sp³-hybridized carbons (Fsp3) is 0.727. The number of halogens is 3. The van der Waals surface area contributed by atoms with Crippen LogP contribution in [0.3, 0.4) is 0 Å². The van der Waals surface area contributed by atoms with Crippen LogP contribution < -0.4 is 5.32 Å². The summed E-state index contributed by atoms with van der Waals surface area (Å²) in [5.74, 6) is -0.410. The Hall–Kier alpha value is -0.133. The summed E-state index contributed by atoms with van der Waals surface area (Å²) in [6.07, 6.45) is 4.57. The van der Waals surface area contributed by atoms with Crippen molar-refractivity contribution in [3.63, 3.8) is 0 Å². The third kappa shape index (κ3) is 6.18. The molecular weight excluding hydrogens is 412 g/mol. The maximum absolute atomic E-state index is 13.7. The molecule has 0 radical (unpaired) electrons. The molecule has 0 heterocycles. The predicted molar refractivity (Wildman–Crippen MR) is 123 cm³/mol. The van der Waals surface area contributed by atoms with E-state index in [0.717, 1.165) is 23.7 Å². The molecule has 0 aliphatic heterocycles. The molecule has 1 aliphatic carbocycles. The Kier molecular flexibility index (Phi) is 8.84. The van der Waals surface area contributed by atoms with E-state index >= 15 is 0 Å². The molecule has 1 N–H and O–H groups in total. The van der Waals surface area contributed by atoms with Crippen molar-refractivity contribution in [1.82, 2.24) is 5.32 Å². The zero-order chi connectivity index (χ0) is 20.9. The fourth-order valence-corrected chi connectivity index (χ4v) is 8.40. The van der Waals surface area contributed by atoms with Crippen LogP contribution in [0.4, 0.5) is 4.39 Å². The van der Waals surface area contributed by atoms with Crippen LogP contribution in [0, 0.1) is 11.2 Å². The number of rotatable bonds is 9. The Labute approximate surface area is 181 Å². The van der Waals surface area contributed by atoms with Crippen LogP contribution in [-0.2, 0) is 4.43 Å². The van der Waals surface area contributed by atoms with E-state index in [2.05, 4.69) is 39.9 Å². The van der Waals surface area contributed by atoms with Gasteiger partial charge in [0, 0.05) is 0 Å². The number of hydrogen-bond donors (Lipinski definition) is 1. The van der Waals surface area contributed by atoms with Gasteiger partial charge in [0.05, 0.1) is 0 Å². The minimum absolute atomic E-state index is 0.236. The quantitative estimate of drug-likeness (QED) is 0.395. The molecule has 1 unspecified atom stereocenters. The summed E-state index contributed by atoms with van der Waals surface area (Å²) in [6.45, 7) is 12.0. The van der Waals surface area contributed by atoms with Crippen molar-refractivity contribution in [3.8, 4) is 0 Å². The van der Waals surface area contributed by atoms with Gasteiger partial charge in [-0.3, -0.25) is 0 Å². The van der Waals surface area contributed by atoms with Crippen molar-refractivity contribution >= 4 is 31.5 Å². The van der Waals surface area contributed by atoms with Gasteiger partial charge in [-0.25, -0.2) is 0 Å². The van der Waals surface area contributed by atoms with Crippen LogP contribution >= 0.6 is 23.2 Å². The number of hydrogen-bond acceptors (Lipinski definition) is 2. The van der Waals surface area contributed by atoms with Crippen LogP contribution in [0.15, 0.2) is 12.1 Å². The molecule has 1 fully saturated rings. The first-order chi connectivity index (χ1) is 13.1. The van der Waals surface area contributed by atoms with E-state index in [1.54, 1.807) is 0 Å². The van der Waals surface area contributed by atoms with Gasteiger partial charge in [0.15, 0.2) is 0 Å². The Bertz CT molecular complexity index is 610. The molecule has 1 saturated carbocycles. The monoisotopic (exact) mass is 448 g/mol. The van der Waals surface area contributed by atoms with E-state index in [0.29, 0.717) is 28.0 Å². The van der Waals surface area contributed by atoms with Crippen molar-refractivity contribution in [2.45, 2.75) is 90.6 Å².